The summed E-state index contributed by atoms with van der Waals surface area (Å²) in [6, 6.07) is 11.5. The summed E-state index contributed by atoms with van der Waals surface area (Å²) in [4.78, 5) is 24.8. The molecule has 0 saturated carbocycles. The predicted molar refractivity (Wildman–Crippen MR) is 115 cm³/mol. The minimum absolute atomic E-state index is 0.0585. The summed E-state index contributed by atoms with van der Waals surface area (Å²) in [6.45, 7) is 2.24. The summed E-state index contributed by atoms with van der Waals surface area (Å²) in [7, 11) is -3.83. The third-order valence-corrected chi connectivity index (χ3v) is 7.50. The van der Waals surface area contributed by atoms with E-state index in [9.17, 15) is 18.0 Å². The molecule has 1 saturated heterocycles. The molecule has 4 rings (SSSR count). The number of hydrogen-bond acceptors (Lipinski definition) is 4. The Balaban J connectivity index is 1.58. The maximum absolute atomic E-state index is 13.4. The van der Waals surface area contributed by atoms with E-state index < -0.39 is 16.1 Å². The molecule has 1 fully saturated rings. The Morgan fingerprint density at radius 2 is 1.97 bits per heavy atom. The Labute approximate surface area is 176 Å². The molecule has 158 valence electrons. The summed E-state index contributed by atoms with van der Waals surface area (Å²) >= 11 is 0. The maximum Gasteiger partial charge on any atom is 0.243 e. The Kier molecular flexibility index (Phi) is 5.62. The van der Waals surface area contributed by atoms with E-state index in [1.54, 1.807) is 18.2 Å². The van der Waals surface area contributed by atoms with Crippen LogP contribution in [0.4, 0.5) is 11.4 Å². The van der Waals surface area contributed by atoms with Gasteiger partial charge in [-0.25, -0.2) is 8.42 Å². The molecule has 1 atom stereocenters. The van der Waals surface area contributed by atoms with Crippen molar-refractivity contribution in [2.75, 3.05) is 17.2 Å². The number of aryl methyl sites for hydroxylation is 2. The number of carbonyl (C=O) groups excluding carboxylic acids is 2. The van der Waals surface area contributed by atoms with Crippen LogP contribution in [0.2, 0.25) is 0 Å². The lowest BCUT2D eigenvalue weighted by Gasteiger charge is -2.24. The first kappa shape index (κ1) is 20.6. The first-order valence-electron chi connectivity index (χ1n) is 10.2. The van der Waals surface area contributed by atoms with Gasteiger partial charge < -0.3 is 10.6 Å². The lowest BCUT2D eigenvalue weighted by atomic mass is 10.1. The minimum Gasteiger partial charge on any atom is -0.326 e. The monoisotopic (exact) mass is 427 g/mol. The Bertz CT molecular complexity index is 1100. The largest absolute Gasteiger partial charge is 0.326 e. The van der Waals surface area contributed by atoms with Crippen molar-refractivity contribution in [1.82, 2.24) is 4.31 Å². The van der Waals surface area contributed by atoms with Crippen LogP contribution in [0.3, 0.4) is 0 Å². The molecule has 0 radical (unpaired) electrons. The fraction of sp³-hybridized carbons (Fsp3) is 0.364. The maximum atomic E-state index is 13.4. The average Bonchev–Trinajstić information content (AvgIpc) is 3.12. The van der Waals surface area contributed by atoms with Crippen LogP contribution in [0.25, 0.3) is 0 Å². The number of rotatable bonds is 4. The molecule has 0 spiro atoms. The van der Waals surface area contributed by atoms with Gasteiger partial charge in [0.2, 0.25) is 21.8 Å². The van der Waals surface area contributed by atoms with Crippen LogP contribution in [0, 0.1) is 6.92 Å². The molecule has 2 N–H and O–H groups in total. The zero-order valence-corrected chi connectivity index (χ0v) is 17.7. The number of amides is 2. The molecule has 2 amide bonds. The van der Waals surface area contributed by atoms with Gasteiger partial charge in [0.25, 0.3) is 0 Å². The molecule has 8 heteroatoms. The molecule has 2 aromatic rings. The highest BCUT2D eigenvalue weighted by Crippen LogP contribution is 2.30. The van der Waals surface area contributed by atoms with Crippen LogP contribution in [0.1, 0.15) is 36.8 Å². The molecule has 2 aliphatic heterocycles. The van der Waals surface area contributed by atoms with Crippen LogP contribution in [-0.2, 0) is 26.0 Å². The quantitative estimate of drug-likeness (QED) is 0.784. The molecular weight excluding hydrogens is 402 g/mol. The molecule has 2 aliphatic rings. The number of carbonyl (C=O) groups is 2. The Morgan fingerprint density at radius 3 is 2.77 bits per heavy atom. The van der Waals surface area contributed by atoms with E-state index >= 15 is 0 Å². The van der Waals surface area contributed by atoms with Gasteiger partial charge in [-0.3, -0.25) is 9.59 Å². The second-order valence-electron chi connectivity index (χ2n) is 7.85. The number of fused-ring (bicyclic) bond motifs is 1. The first-order chi connectivity index (χ1) is 14.3. The van der Waals surface area contributed by atoms with Crippen LogP contribution in [0.5, 0.6) is 0 Å². The van der Waals surface area contributed by atoms with Gasteiger partial charge in [-0.05, 0) is 74.1 Å². The van der Waals surface area contributed by atoms with Gasteiger partial charge in [0.15, 0.2) is 0 Å². The molecule has 2 aromatic carbocycles. The van der Waals surface area contributed by atoms with Gasteiger partial charge in [-0.15, -0.1) is 0 Å². The fourth-order valence-electron chi connectivity index (χ4n) is 4.09. The third-order valence-electron chi connectivity index (χ3n) is 5.60. The van der Waals surface area contributed by atoms with Gasteiger partial charge in [-0.2, -0.15) is 4.31 Å². The summed E-state index contributed by atoms with van der Waals surface area (Å²) < 4.78 is 28.0. The van der Waals surface area contributed by atoms with Gasteiger partial charge in [0.05, 0.1) is 4.90 Å². The van der Waals surface area contributed by atoms with Crippen molar-refractivity contribution in [2.24, 2.45) is 0 Å². The molecule has 0 bridgehead atoms. The molecule has 2 heterocycles. The minimum atomic E-state index is -3.83. The number of anilines is 2. The van der Waals surface area contributed by atoms with Gasteiger partial charge in [-0.1, -0.05) is 12.1 Å². The zero-order chi connectivity index (χ0) is 21.3. The van der Waals surface area contributed by atoms with Gasteiger partial charge in [0.1, 0.15) is 6.04 Å². The number of sulfonamides is 1. The van der Waals surface area contributed by atoms with Crippen LogP contribution >= 0.6 is 0 Å². The SMILES string of the molecule is Cc1cccc(NC(=O)C2CCCN2S(=O)(=O)c2ccc3c(c2)CCCC(=O)N3)c1. The van der Waals surface area contributed by atoms with Crippen molar-refractivity contribution in [3.05, 3.63) is 53.6 Å². The lowest BCUT2D eigenvalue weighted by Crippen LogP contribution is -2.43. The Morgan fingerprint density at radius 1 is 1.13 bits per heavy atom. The topological polar surface area (TPSA) is 95.6 Å². The Hall–Kier alpha value is -2.71. The fourth-order valence-corrected chi connectivity index (χ4v) is 5.79. The second kappa shape index (κ2) is 8.20. The lowest BCUT2D eigenvalue weighted by molar-refractivity contribution is -0.119. The van der Waals surface area contributed by atoms with E-state index in [1.165, 1.54) is 10.4 Å². The third kappa shape index (κ3) is 4.11. The smallest absolute Gasteiger partial charge is 0.243 e. The molecule has 7 nitrogen and oxygen atoms in total. The van der Waals surface area contributed by atoms with E-state index in [1.807, 2.05) is 25.1 Å². The molecular formula is C22H25N3O4S. The normalized spacial score (nSPS) is 19.6. The first-order valence-corrected chi connectivity index (χ1v) is 11.6. The van der Waals surface area contributed by atoms with Crippen LogP contribution < -0.4 is 10.6 Å². The number of hydrogen-bond donors (Lipinski definition) is 2. The van der Waals surface area contributed by atoms with Crippen molar-refractivity contribution in [1.29, 1.82) is 0 Å². The van der Waals surface area contributed by atoms with Gasteiger partial charge in [0, 0.05) is 24.3 Å². The highest BCUT2D eigenvalue weighted by Gasteiger charge is 2.39. The van der Waals surface area contributed by atoms with E-state index in [4.69, 9.17) is 0 Å². The van der Waals surface area contributed by atoms with E-state index in [-0.39, 0.29) is 16.7 Å². The highest BCUT2D eigenvalue weighted by atomic mass is 32.2. The van der Waals surface area contributed by atoms with Gasteiger partial charge >= 0.3 is 0 Å². The van der Waals surface area contributed by atoms with Crippen molar-refractivity contribution in [3.8, 4) is 0 Å². The molecule has 30 heavy (non-hydrogen) atoms. The van der Waals surface area contributed by atoms with Crippen molar-refractivity contribution < 1.29 is 18.0 Å². The summed E-state index contributed by atoms with van der Waals surface area (Å²) in [5.41, 5.74) is 3.14. The predicted octanol–water partition coefficient (Wildman–Crippen LogP) is 3.06. The summed E-state index contributed by atoms with van der Waals surface area (Å²) in [5, 5.41) is 5.67. The second-order valence-corrected chi connectivity index (χ2v) is 9.74. The molecule has 0 aromatic heterocycles. The van der Waals surface area contributed by atoms with E-state index in [0.717, 1.165) is 11.1 Å². The van der Waals surface area contributed by atoms with Crippen molar-refractivity contribution >= 4 is 33.2 Å². The molecule has 1 unspecified atom stereocenters. The highest BCUT2D eigenvalue weighted by molar-refractivity contribution is 7.89. The van der Waals surface area contributed by atoms with E-state index in [0.29, 0.717) is 50.0 Å². The standard InChI is InChI=1S/C22H25N3O4S/c1-15-5-2-7-17(13-15)23-22(27)20-8-4-12-25(20)30(28,29)18-10-11-19-16(14-18)6-3-9-21(26)24-19/h2,5,7,10-11,13-14,20H,3-4,6,8-9,12H2,1H3,(H,23,27)(H,24,26). The number of benzene rings is 2. The molecule has 0 aliphatic carbocycles. The number of nitrogens with zero attached hydrogens (tertiary/aromatic N) is 1. The average molecular weight is 428 g/mol. The van der Waals surface area contributed by atoms with Crippen LogP contribution in [-0.4, -0.2) is 37.1 Å². The van der Waals surface area contributed by atoms with Crippen molar-refractivity contribution in [3.63, 3.8) is 0 Å². The summed E-state index contributed by atoms with van der Waals surface area (Å²) in [6.07, 6.45) is 2.84. The van der Waals surface area contributed by atoms with Crippen LogP contribution in [0.15, 0.2) is 47.4 Å². The number of nitrogens with one attached hydrogen (secondary N) is 2. The summed E-state index contributed by atoms with van der Waals surface area (Å²) in [5.74, 6) is -0.375. The van der Waals surface area contributed by atoms with E-state index in [2.05, 4.69) is 10.6 Å². The zero-order valence-electron chi connectivity index (χ0n) is 16.8. The van der Waals surface area contributed by atoms with Crippen molar-refractivity contribution in [2.45, 2.75) is 50.0 Å².